The van der Waals surface area contributed by atoms with Crippen LogP contribution < -0.4 is 5.32 Å². The van der Waals surface area contributed by atoms with Crippen molar-refractivity contribution in [3.05, 3.63) is 29.0 Å². The number of nitrogens with one attached hydrogen (secondary N) is 1. The van der Waals surface area contributed by atoms with Crippen molar-refractivity contribution in [2.24, 2.45) is 4.99 Å². The number of nitrogens with zero attached hydrogens (tertiary/aromatic N) is 2. The van der Waals surface area contributed by atoms with Crippen LogP contribution in [0.25, 0.3) is 0 Å². The average Bonchev–Trinajstić information content (AvgIpc) is 2.97. The van der Waals surface area contributed by atoms with E-state index in [0.29, 0.717) is 13.7 Å². The van der Waals surface area contributed by atoms with Gasteiger partial charge in [-0.3, -0.25) is 10.3 Å². The molecular formula is C16H18BrN3O4S3. The summed E-state index contributed by atoms with van der Waals surface area (Å²) in [5, 5.41) is 2.84. The van der Waals surface area contributed by atoms with E-state index < -0.39 is 21.5 Å². The predicted octanol–water partition coefficient (Wildman–Crippen LogP) is 4.64. The van der Waals surface area contributed by atoms with Crippen molar-refractivity contribution in [2.75, 3.05) is 6.26 Å². The van der Waals surface area contributed by atoms with Crippen LogP contribution in [0.4, 0.5) is 9.80 Å². The molecule has 27 heavy (non-hydrogen) atoms. The standard InChI is InChI=1S/C16H18BrN3O4S3/c1-16(2,3)24-15(21)20-9-19-13-6-12(14(25-4)26-13)27(22,23)11-5-10(17)7-18-8-11/h5-9H,1-4H3,(H,19,20,21). The van der Waals surface area contributed by atoms with E-state index in [2.05, 4.69) is 31.2 Å². The van der Waals surface area contributed by atoms with Crippen LogP contribution in [-0.4, -0.2) is 37.7 Å². The molecule has 0 radical (unpaired) electrons. The van der Waals surface area contributed by atoms with Gasteiger partial charge in [-0.1, -0.05) is 0 Å². The second-order valence-corrected chi connectivity index (χ2v) is 11.1. The Morgan fingerprint density at radius 1 is 1.37 bits per heavy atom. The molecule has 0 saturated heterocycles. The Labute approximate surface area is 174 Å². The van der Waals surface area contributed by atoms with E-state index in [4.69, 9.17) is 4.74 Å². The lowest BCUT2D eigenvalue weighted by atomic mass is 10.2. The summed E-state index contributed by atoms with van der Waals surface area (Å²) in [6, 6.07) is 2.97. The molecule has 2 aromatic rings. The van der Waals surface area contributed by atoms with Crippen molar-refractivity contribution in [2.45, 2.75) is 40.4 Å². The van der Waals surface area contributed by atoms with E-state index in [9.17, 15) is 13.2 Å². The summed E-state index contributed by atoms with van der Waals surface area (Å²) < 4.78 is 32.1. The number of thiophene rings is 1. The van der Waals surface area contributed by atoms with E-state index >= 15 is 0 Å². The number of pyridine rings is 1. The molecule has 146 valence electrons. The molecule has 7 nitrogen and oxygen atoms in total. The molecule has 1 N–H and O–H groups in total. The number of sulfone groups is 1. The summed E-state index contributed by atoms with van der Waals surface area (Å²) in [7, 11) is -3.74. The van der Waals surface area contributed by atoms with Crippen molar-refractivity contribution in [1.82, 2.24) is 10.3 Å². The quantitative estimate of drug-likeness (QED) is 0.371. The third kappa shape index (κ3) is 6.03. The first kappa shape index (κ1) is 21.9. The second-order valence-electron chi connectivity index (χ2n) is 6.19. The van der Waals surface area contributed by atoms with Crippen LogP contribution in [0.15, 0.2) is 48.0 Å². The molecule has 0 fully saturated rings. The zero-order chi connectivity index (χ0) is 20.2. The minimum absolute atomic E-state index is 0.0902. The van der Waals surface area contributed by atoms with Crippen LogP contribution in [0.1, 0.15) is 20.8 Å². The van der Waals surface area contributed by atoms with Crippen LogP contribution in [0.3, 0.4) is 0 Å². The van der Waals surface area contributed by atoms with Gasteiger partial charge in [0.1, 0.15) is 10.6 Å². The van der Waals surface area contributed by atoms with Crippen molar-refractivity contribution < 1.29 is 17.9 Å². The maximum absolute atomic E-state index is 12.9. The molecule has 0 atom stereocenters. The molecule has 2 heterocycles. The Morgan fingerprint density at radius 3 is 2.67 bits per heavy atom. The van der Waals surface area contributed by atoms with Crippen molar-refractivity contribution in [3.63, 3.8) is 0 Å². The van der Waals surface area contributed by atoms with Crippen molar-refractivity contribution in [3.8, 4) is 0 Å². The lowest BCUT2D eigenvalue weighted by Gasteiger charge is -2.18. The normalized spacial score (nSPS) is 12.3. The summed E-state index contributed by atoms with van der Waals surface area (Å²) >= 11 is 5.75. The van der Waals surface area contributed by atoms with Gasteiger partial charge >= 0.3 is 6.09 Å². The van der Waals surface area contributed by atoms with Gasteiger partial charge in [-0.15, -0.1) is 23.1 Å². The fraction of sp³-hybridized carbons (Fsp3) is 0.312. The molecule has 0 spiro atoms. The third-order valence-corrected chi connectivity index (χ3v) is 7.51. The SMILES string of the molecule is CSc1sc(/N=C/NC(=O)OC(C)(C)C)cc1S(=O)(=O)c1cncc(Br)c1. The van der Waals surface area contributed by atoms with Gasteiger partial charge in [0, 0.05) is 16.9 Å². The Bertz CT molecular complexity index is 966. The topological polar surface area (TPSA) is 97.7 Å². The minimum Gasteiger partial charge on any atom is -0.444 e. The maximum Gasteiger partial charge on any atom is 0.412 e. The van der Waals surface area contributed by atoms with Crippen LogP contribution in [0.2, 0.25) is 0 Å². The van der Waals surface area contributed by atoms with Crippen LogP contribution in [0, 0.1) is 0 Å². The summed E-state index contributed by atoms with van der Waals surface area (Å²) in [6.45, 7) is 5.25. The number of rotatable bonds is 5. The van der Waals surface area contributed by atoms with E-state index in [1.807, 2.05) is 0 Å². The number of amides is 1. The highest BCUT2D eigenvalue weighted by molar-refractivity contribution is 9.10. The number of thioether (sulfide) groups is 1. The fourth-order valence-electron chi connectivity index (χ4n) is 1.86. The summed E-state index contributed by atoms with van der Waals surface area (Å²) in [5.74, 6) is 0. The van der Waals surface area contributed by atoms with E-state index in [0.717, 1.165) is 0 Å². The number of alkyl carbamates (subject to hydrolysis) is 1. The molecule has 0 aliphatic carbocycles. The van der Waals surface area contributed by atoms with Gasteiger partial charge in [-0.05, 0) is 55.1 Å². The summed E-state index contributed by atoms with van der Waals surface area (Å²) in [4.78, 5) is 19.9. The number of aromatic nitrogens is 1. The first-order valence-corrected chi connectivity index (χ1v) is 11.9. The largest absolute Gasteiger partial charge is 0.444 e. The first-order valence-electron chi connectivity index (χ1n) is 7.58. The van der Waals surface area contributed by atoms with Crippen molar-refractivity contribution in [1.29, 1.82) is 0 Å². The average molecular weight is 492 g/mol. The first-order chi connectivity index (χ1) is 12.5. The van der Waals surface area contributed by atoms with E-state index in [-0.39, 0.29) is 9.79 Å². The Kier molecular flexibility index (Phi) is 7.06. The van der Waals surface area contributed by atoms with Crippen LogP contribution in [0.5, 0.6) is 0 Å². The zero-order valence-electron chi connectivity index (χ0n) is 15.0. The Hall–Kier alpha value is -1.43. The smallest absolute Gasteiger partial charge is 0.412 e. The molecule has 2 aromatic heterocycles. The summed E-state index contributed by atoms with van der Waals surface area (Å²) in [5.41, 5.74) is -0.619. The van der Waals surface area contributed by atoms with Gasteiger partial charge in [0.05, 0.1) is 20.3 Å². The molecule has 0 aliphatic rings. The van der Waals surface area contributed by atoms with Crippen molar-refractivity contribution >= 4 is 66.3 Å². The molecule has 11 heteroatoms. The number of carbonyl (C=O) groups is 1. The van der Waals surface area contributed by atoms with Gasteiger partial charge in [0.2, 0.25) is 9.84 Å². The number of halogens is 1. The molecule has 1 amide bonds. The van der Waals surface area contributed by atoms with E-state index in [1.165, 1.54) is 54.0 Å². The van der Waals surface area contributed by atoms with E-state index in [1.54, 1.807) is 27.0 Å². The lowest BCUT2D eigenvalue weighted by molar-refractivity contribution is 0.0565. The molecule has 2 rings (SSSR count). The molecule has 0 unspecified atom stereocenters. The number of aliphatic imine (C=N–C) groups is 1. The molecule has 0 aromatic carbocycles. The number of ether oxygens (including phenoxy) is 1. The molecule has 0 bridgehead atoms. The minimum atomic E-state index is -3.74. The highest BCUT2D eigenvalue weighted by Crippen LogP contribution is 2.40. The molecular weight excluding hydrogens is 474 g/mol. The number of carbonyl (C=O) groups excluding carboxylic acids is 1. The van der Waals surface area contributed by atoms with Crippen LogP contribution in [-0.2, 0) is 14.6 Å². The van der Waals surface area contributed by atoms with Gasteiger partial charge in [-0.2, -0.15) is 0 Å². The van der Waals surface area contributed by atoms with Gasteiger partial charge in [0.25, 0.3) is 0 Å². The third-order valence-electron chi connectivity index (χ3n) is 2.89. The van der Waals surface area contributed by atoms with Gasteiger partial charge in [0.15, 0.2) is 0 Å². The molecule has 0 saturated carbocycles. The molecule has 0 aliphatic heterocycles. The Balaban J connectivity index is 2.25. The second kappa shape index (κ2) is 8.72. The maximum atomic E-state index is 12.9. The Morgan fingerprint density at radius 2 is 2.07 bits per heavy atom. The van der Waals surface area contributed by atoms with Gasteiger partial charge in [-0.25, -0.2) is 18.2 Å². The van der Waals surface area contributed by atoms with Crippen LogP contribution >= 0.6 is 39.0 Å². The monoisotopic (exact) mass is 491 g/mol. The van der Waals surface area contributed by atoms with Gasteiger partial charge < -0.3 is 4.74 Å². The highest BCUT2D eigenvalue weighted by atomic mass is 79.9. The summed E-state index contributed by atoms with van der Waals surface area (Å²) in [6.07, 6.45) is 5.15. The zero-order valence-corrected chi connectivity index (χ0v) is 19.1. The predicted molar refractivity (Wildman–Crippen MR) is 111 cm³/mol. The fourth-order valence-corrected chi connectivity index (χ4v) is 6.19. The number of hydrogen-bond acceptors (Lipinski definition) is 8. The lowest BCUT2D eigenvalue weighted by Crippen LogP contribution is -2.31. The number of hydrogen-bond donors (Lipinski definition) is 1. The highest BCUT2D eigenvalue weighted by Gasteiger charge is 2.25.